The molecule has 0 unspecified atom stereocenters. The summed E-state index contributed by atoms with van der Waals surface area (Å²) in [6, 6.07) is 5.56. The van der Waals surface area contributed by atoms with Crippen molar-refractivity contribution in [3.63, 3.8) is 0 Å². The van der Waals surface area contributed by atoms with Crippen molar-refractivity contribution in [3.05, 3.63) is 58.2 Å². The molecular formula is C17H14Br2F2O3. The Labute approximate surface area is 155 Å². The average molecular weight is 464 g/mol. The van der Waals surface area contributed by atoms with Crippen LogP contribution in [0.25, 0.3) is 0 Å². The van der Waals surface area contributed by atoms with Crippen LogP contribution >= 0.6 is 31.9 Å². The van der Waals surface area contributed by atoms with Gasteiger partial charge in [0.2, 0.25) is 0 Å². The fourth-order valence-electron chi connectivity index (χ4n) is 2.33. The van der Waals surface area contributed by atoms with Crippen LogP contribution in [0.4, 0.5) is 8.78 Å². The topological polar surface area (TPSA) is 35.5 Å². The first-order valence-corrected chi connectivity index (χ1v) is 9.11. The molecule has 0 aliphatic carbocycles. The molecule has 0 amide bonds. The van der Waals surface area contributed by atoms with Crippen molar-refractivity contribution < 1.29 is 23.0 Å². The van der Waals surface area contributed by atoms with Gasteiger partial charge in [0.1, 0.15) is 23.1 Å². The Morgan fingerprint density at radius 3 is 1.54 bits per heavy atom. The number of carbonyl (C=O) groups is 1. The van der Waals surface area contributed by atoms with E-state index in [1.807, 2.05) is 0 Å². The van der Waals surface area contributed by atoms with E-state index in [0.29, 0.717) is 11.5 Å². The highest BCUT2D eigenvalue weighted by Crippen LogP contribution is 2.31. The fourth-order valence-corrected chi connectivity index (χ4v) is 3.38. The molecule has 0 saturated carbocycles. The molecule has 0 aliphatic rings. The molecule has 7 heteroatoms. The molecule has 0 spiro atoms. The zero-order valence-corrected chi connectivity index (χ0v) is 16.1. The summed E-state index contributed by atoms with van der Waals surface area (Å²) in [5.74, 6) is -1.56. The summed E-state index contributed by atoms with van der Waals surface area (Å²) in [6.07, 6.45) is 0. The maximum Gasteiger partial charge on any atom is 0.198 e. The summed E-state index contributed by atoms with van der Waals surface area (Å²) >= 11 is 6.34. The lowest BCUT2D eigenvalue weighted by atomic mass is 9.98. The van der Waals surface area contributed by atoms with Crippen molar-refractivity contribution in [2.75, 3.05) is 14.2 Å². The predicted octanol–water partition coefficient (Wildman–Crippen LogP) is 5.00. The van der Waals surface area contributed by atoms with Crippen LogP contribution in [0.2, 0.25) is 0 Å². The van der Waals surface area contributed by atoms with Gasteiger partial charge in [-0.05, 0) is 24.3 Å². The van der Waals surface area contributed by atoms with Gasteiger partial charge in [-0.2, -0.15) is 0 Å². The Morgan fingerprint density at radius 2 is 1.25 bits per heavy atom. The number of ether oxygens (including phenoxy) is 2. The van der Waals surface area contributed by atoms with Crippen molar-refractivity contribution in [1.29, 1.82) is 0 Å². The summed E-state index contributed by atoms with van der Waals surface area (Å²) < 4.78 is 39.4. The zero-order valence-electron chi connectivity index (χ0n) is 13.0. The number of benzene rings is 2. The number of methoxy groups -OCH3 is 2. The number of carbonyl (C=O) groups excluding carboxylic acids is 1. The normalized spacial score (nSPS) is 10.6. The lowest BCUT2D eigenvalue weighted by Crippen LogP contribution is -2.11. The Morgan fingerprint density at radius 1 is 0.875 bits per heavy atom. The number of hydrogen-bond donors (Lipinski definition) is 0. The first kappa shape index (κ1) is 18.9. The molecule has 128 valence electrons. The second-order valence-corrected chi connectivity index (χ2v) is 5.93. The Hall–Kier alpha value is -1.47. The third-order valence-corrected chi connectivity index (χ3v) is 4.72. The molecule has 0 aromatic heterocycles. The lowest BCUT2D eigenvalue weighted by Gasteiger charge is -2.13. The Bertz CT molecular complexity index is 715. The molecule has 0 fully saturated rings. The molecule has 0 radical (unpaired) electrons. The first-order valence-electron chi connectivity index (χ1n) is 6.87. The molecule has 0 aliphatic heterocycles. The minimum absolute atomic E-state index is 0.168. The molecule has 2 aromatic carbocycles. The molecule has 0 atom stereocenters. The van der Waals surface area contributed by atoms with E-state index in [-0.39, 0.29) is 32.9 Å². The van der Waals surface area contributed by atoms with Gasteiger partial charge in [-0.25, -0.2) is 8.78 Å². The van der Waals surface area contributed by atoms with Gasteiger partial charge in [0.15, 0.2) is 5.78 Å². The van der Waals surface area contributed by atoms with E-state index in [1.54, 1.807) is 0 Å². The van der Waals surface area contributed by atoms with Crippen molar-refractivity contribution in [2.24, 2.45) is 0 Å². The van der Waals surface area contributed by atoms with Crippen LogP contribution < -0.4 is 9.47 Å². The third-order valence-electron chi connectivity index (χ3n) is 3.60. The maximum absolute atomic E-state index is 14.6. The molecule has 0 heterocycles. The highest BCUT2D eigenvalue weighted by atomic mass is 79.9. The minimum atomic E-state index is -0.736. The van der Waals surface area contributed by atoms with Crippen LogP contribution in [0.1, 0.15) is 27.0 Å². The summed E-state index contributed by atoms with van der Waals surface area (Å²) in [7, 11) is 2.82. The van der Waals surface area contributed by atoms with Crippen LogP contribution in [-0.2, 0) is 10.7 Å². The summed E-state index contributed by atoms with van der Waals surface area (Å²) in [4.78, 5) is 12.6. The van der Waals surface area contributed by atoms with Gasteiger partial charge in [0.25, 0.3) is 0 Å². The summed E-state index contributed by atoms with van der Waals surface area (Å²) in [5.41, 5.74) is -0.0133. The predicted molar refractivity (Wildman–Crippen MR) is 94.6 cm³/mol. The molecule has 2 rings (SSSR count). The number of halogens is 4. The van der Waals surface area contributed by atoms with Gasteiger partial charge in [-0.1, -0.05) is 31.9 Å². The van der Waals surface area contributed by atoms with Crippen LogP contribution in [0.3, 0.4) is 0 Å². The molecule has 2 aromatic rings. The molecule has 0 N–H and O–H groups in total. The van der Waals surface area contributed by atoms with E-state index >= 15 is 0 Å². The molecule has 0 saturated heterocycles. The smallest absolute Gasteiger partial charge is 0.198 e. The van der Waals surface area contributed by atoms with Gasteiger partial charge in [-0.15, -0.1) is 0 Å². The average Bonchev–Trinajstić information content (AvgIpc) is 2.60. The minimum Gasteiger partial charge on any atom is -0.496 e. The van der Waals surface area contributed by atoms with E-state index in [2.05, 4.69) is 31.9 Å². The summed E-state index contributed by atoms with van der Waals surface area (Å²) in [5, 5.41) is 0.335. The highest BCUT2D eigenvalue weighted by molar-refractivity contribution is 9.08. The van der Waals surface area contributed by atoms with Gasteiger partial charge in [0.05, 0.1) is 25.3 Å². The van der Waals surface area contributed by atoms with Crippen molar-refractivity contribution in [1.82, 2.24) is 0 Å². The quantitative estimate of drug-likeness (QED) is 0.446. The number of rotatable bonds is 6. The van der Waals surface area contributed by atoms with E-state index < -0.39 is 17.4 Å². The highest BCUT2D eigenvalue weighted by Gasteiger charge is 2.24. The number of alkyl halides is 2. The number of hydrogen-bond acceptors (Lipinski definition) is 3. The van der Waals surface area contributed by atoms with Crippen LogP contribution in [0, 0.1) is 11.6 Å². The molecule has 0 bridgehead atoms. The van der Waals surface area contributed by atoms with Gasteiger partial charge >= 0.3 is 0 Å². The molecule has 3 nitrogen and oxygen atoms in total. The van der Waals surface area contributed by atoms with Crippen LogP contribution in [0.5, 0.6) is 11.5 Å². The second kappa shape index (κ2) is 8.07. The van der Waals surface area contributed by atoms with E-state index in [9.17, 15) is 13.6 Å². The van der Waals surface area contributed by atoms with Crippen molar-refractivity contribution in [2.45, 2.75) is 10.7 Å². The van der Waals surface area contributed by atoms with E-state index in [4.69, 9.17) is 9.47 Å². The largest absolute Gasteiger partial charge is 0.496 e. The SMILES string of the molecule is COc1ccc(C(=O)c2ccc(OC)c(CBr)c2F)c(F)c1CBr. The Kier molecular flexibility index (Phi) is 6.34. The monoisotopic (exact) mass is 462 g/mol. The first-order chi connectivity index (χ1) is 11.5. The van der Waals surface area contributed by atoms with Crippen molar-refractivity contribution >= 4 is 37.6 Å². The second-order valence-electron chi connectivity index (χ2n) is 4.81. The molecular weight excluding hydrogens is 450 g/mol. The zero-order chi connectivity index (χ0) is 17.9. The lowest BCUT2D eigenvalue weighted by molar-refractivity contribution is 0.103. The maximum atomic E-state index is 14.6. The third kappa shape index (κ3) is 3.32. The Balaban J connectivity index is 2.58. The standard InChI is InChI=1S/C17H14Br2F2O3/c1-23-13-5-3-9(15(20)11(13)7-18)17(22)10-4-6-14(24-2)12(8-19)16(10)21/h3-6H,7-8H2,1-2H3. The fraction of sp³-hybridized carbons (Fsp3) is 0.235. The van der Waals surface area contributed by atoms with Gasteiger partial charge < -0.3 is 9.47 Å². The van der Waals surface area contributed by atoms with Crippen LogP contribution in [-0.4, -0.2) is 20.0 Å². The van der Waals surface area contributed by atoms with Gasteiger partial charge in [-0.3, -0.25) is 4.79 Å². The summed E-state index contributed by atoms with van der Waals surface area (Å²) in [6.45, 7) is 0. The van der Waals surface area contributed by atoms with Gasteiger partial charge in [0, 0.05) is 21.8 Å². The van der Waals surface area contributed by atoms with Crippen LogP contribution in [0.15, 0.2) is 24.3 Å². The van der Waals surface area contributed by atoms with Crippen molar-refractivity contribution in [3.8, 4) is 11.5 Å². The van der Waals surface area contributed by atoms with E-state index in [1.165, 1.54) is 38.5 Å². The number of ketones is 1. The van der Waals surface area contributed by atoms with E-state index in [0.717, 1.165) is 0 Å². The molecule has 24 heavy (non-hydrogen) atoms.